The molecule has 2 aromatic carbocycles. The third-order valence-corrected chi connectivity index (χ3v) is 4.01. The molecule has 0 N–H and O–H groups in total. The second-order valence-electron chi connectivity index (χ2n) is 5.15. The minimum absolute atomic E-state index is 0. The zero-order valence-electron chi connectivity index (χ0n) is 12.3. The van der Waals surface area contributed by atoms with Crippen molar-refractivity contribution in [3.63, 3.8) is 0 Å². The fourth-order valence-electron chi connectivity index (χ4n) is 3.17. The van der Waals surface area contributed by atoms with Crippen LogP contribution in [0.5, 0.6) is 0 Å². The van der Waals surface area contributed by atoms with Crippen LogP contribution < -0.4 is 0 Å². The molecule has 0 spiro atoms. The third kappa shape index (κ3) is 3.04. The van der Waals surface area contributed by atoms with Crippen molar-refractivity contribution in [2.45, 2.75) is 13.3 Å². The van der Waals surface area contributed by atoms with Gasteiger partial charge in [0.05, 0.1) is 0 Å². The number of halogens is 3. The summed E-state index contributed by atoms with van der Waals surface area (Å²) in [5.41, 5.74) is 8.19. The van der Waals surface area contributed by atoms with Crippen molar-refractivity contribution in [3.8, 4) is 11.3 Å². The Morgan fingerprint density at radius 1 is 1.09 bits per heavy atom. The summed E-state index contributed by atoms with van der Waals surface area (Å²) in [6.07, 6.45) is 1.02. The van der Waals surface area contributed by atoms with E-state index in [1.165, 1.54) is 38.9 Å². The van der Waals surface area contributed by atoms with Crippen LogP contribution in [0.3, 0.4) is 0 Å². The number of benzene rings is 2. The zero-order valence-corrected chi connectivity index (χ0v) is 17.3. The number of nitrogens with zero attached hydrogens (tertiary/aromatic N) is 1. The van der Waals surface area contributed by atoms with E-state index >= 15 is 0 Å². The van der Waals surface area contributed by atoms with Crippen LogP contribution in [0.1, 0.15) is 16.7 Å². The molecule has 0 saturated heterocycles. The van der Waals surface area contributed by atoms with E-state index in [4.69, 9.17) is 0 Å². The van der Waals surface area contributed by atoms with E-state index in [-0.39, 0.29) is 63.4 Å². The van der Waals surface area contributed by atoms with Crippen LogP contribution in [0.25, 0.3) is 22.2 Å². The Balaban J connectivity index is 0.00000110. The molecule has 3 aromatic rings. The Labute approximate surface area is 168 Å². The van der Waals surface area contributed by atoms with Crippen LogP contribution in [0.15, 0.2) is 36.4 Å². The number of fused-ring (bicyclic) bond motifs is 5. The number of hydrogen-bond donors (Lipinski definition) is 0. The Morgan fingerprint density at radius 3 is 2.55 bits per heavy atom. The third-order valence-electron chi connectivity index (χ3n) is 4.01. The maximum Gasteiger partial charge on any atom is 0.0476 e. The Hall–Kier alpha value is -0.267. The fraction of sp³-hybridized carbons (Fsp3) is 0.176. The molecule has 0 amide bonds. The van der Waals surface area contributed by atoms with Crippen LogP contribution in [0, 0.1) is 13.0 Å². The standard InChI is InChI=1S/C17H14N.3ClH.Zr/c1-11-7-8-16-14(9-11)15-10-12-5-3-4-6-13(12)17(15)18(16)2;;;;/h3-4,6-9H,10H2,1-2H3;3*1H;/q-1;;;;. The quantitative estimate of drug-likeness (QED) is 0.340. The molecule has 116 valence electrons. The molecule has 22 heavy (non-hydrogen) atoms. The van der Waals surface area contributed by atoms with Gasteiger partial charge in [-0.1, -0.05) is 11.6 Å². The van der Waals surface area contributed by atoms with Crippen molar-refractivity contribution in [1.29, 1.82) is 0 Å². The molecule has 1 aliphatic rings. The van der Waals surface area contributed by atoms with Gasteiger partial charge in [-0.25, -0.2) is 0 Å². The van der Waals surface area contributed by atoms with Gasteiger partial charge in [0.2, 0.25) is 0 Å². The predicted molar refractivity (Wildman–Crippen MR) is 96.5 cm³/mol. The molecular formula is C17H17Cl3NZr-. The monoisotopic (exact) mass is 430 g/mol. The zero-order chi connectivity index (χ0) is 12.3. The van der Waals surface area contributed by atoms with Gasteiger partial charge >= 0.3 is 0 Å². The number of aryl methyl sites for hydroxylation is 2. The van der Waals surface area contributed by atoms with Crippen molar-refractivity contribution in [2.24, 2.45) is 7.05 Å². The van der Waals surface area contributed by atoms with Gasteiger partial charge in [-0.3, -0.25) is 0 Å². The molecule has 0 radical (unpaired) electrons. The van der Waals surface area contributed by atoms with Gasteiger partial charge in [-0.2, -0.15) is 24.3 Å². The summed E-state index contributed by atoms with van der Waals surface area (Å²) in [7, 11) is 2.17. The van der Waals surface area contributed by atoms with E-state index in [2.05, 4.69) is 54.9 Å². The molecule has 0 bridgehead atoms. The first kappa shape index (κ1) is 21.7. The van der Waals surface area contributed by atoms with Crippen LogP contribution >= 0.6 is 37.2 Å². The molecule has 1 nitrogen and oxygen atoms in total. The maximum absolute atomic E-state index is 3.38. The van der Waals surface area contributed by atoms with E-state index in [9.17, 15) is 0 Å². The van der Waals surface area contributed by atoms with E-state index in [1.54, 1.807) is 0 Å². The van der Waals surface area contributed by atoms with Gasteiger partial charge in [0, 0.05) is 44.2 Å². The minimum Gasteiger partial charge on any atom is -0.354 e. The molecule has 0 fully saturated rings. The smallest absolute Gasteiger partial charge is 0.0476 e. The SMILES string of the molecule is Cc1ccc2c(c1)c1c(n2C)-c2ccc[c-]c2C1.Cl.Cl.Cl.[Zr]. The van der Waals surface area contributed by atoms with Crippen molar-refractivity contribution >= 4 is 48.1 Å². The molecular weight excluding hydrogens is 416 g/mol. The summed E-state index contributed by atoms with van der Waals surface area (Å²) in [5.74, 6) is 0. The van der Waals surface area contributed by atoms with Gasteiger partial charge in [0.1, 0.15) is 0 Å². The second-order valence-corrected chi connectivity index (χ2v) is 5.15. The summed E-state index contributed by atoms with van der Waals surface area (Å²) in [6.45, 7) is 2.16. The normalized spacial score (nSPS) is 10.5. The summed E-state index contributed by atoms with van der Waals surface area (Å²) >= 11 is 0. The molecule has 0 aliphatic heterocycles. The van der Waals surface area contributed by atoms with Crippen LogP contribution in [-0.2, 0) is 39.7 Å². The molecule has 0 unspecified atom stereocenters. The van der Waals surface area contributed by atoms with Crippen LogP contribution in [-0.4, -0.2) is 4.57 Å². The predicted octanol–water partition coefficient (Wildman–Crippen LogP) is 5.12. The van der Waals surface area contributed by atoms with Crippen molar-refractivity contribution in [2.75, 3.05) is 0 Å². The summed E-state index contributed by atoms with van der Waals surface area (Å²) in [4.78, 5) is 0. The Morgan fingerprint density at radius 2 is 1.82 bits per heavy atom. The van der Waals surface area contributed by atoms with Crippen LogP contribution in [0.2, 0.25) is 0 Å². The molecule has 1 aliphatic carbocycles. The summed E-state index contributed by atoms with van der Waals surface area (Å²) < 4.78 is 2.32. The molecule has 0 atom stereocenters. The molecule has 1 aromatic heterocycles. The maximum atomic E-state index is 3.38. The topological polar surface area (TPSA) is 4.93 Å². The molecule has 4 rings (SSSR count). The van der Waals surface area contributed by atoms with Gasteiger partial charge < -0.3 is 4.57 Å². The van der Waals surface area contributed by atoms with E-state index in [0.29, 0.717) is 0 Å². The Bertz CT molecular complexity index is 796. The van der Waals surface area contributed by atoms with Gasteiger partial charge in [0.15, 0.2) is 0 Å². The first-order valence-electron chi connectivity index (χ1n) is 6.33. The Kier molecular flexibility index (Phi) is 7.92. The largest absolute Gasteiger partial charge is 0.354 e. The second kappa shape index (κ2) is 8.02. The average molecular weight is 433 g/mol. The van der Waals surface area contributed by atoms with E-state index < -0.39 is 0 Å². The van der Waals surface area contributed by atoms with Gasteiger partial charge in [0.25, 0.3) is 0 Å². The summed E-state index contributed by atoms with van der Waals surface area (Å²) in [5, 5.41) is 1.40. The number of hydrogen-bond acceptors (Lipinski definition) is 0. The van der Waals surface area contributed by atoms with Crippen LogP contribution in [0.4, 0.5) is 0 Å². The fourth-order valence-corrected chi connectivity index (χ4v) is 3.17. The van der Waals surface area contributed by atoms with Crippen molar-refractivity contribution in [1.82, 2.24) is 4.57 Å². The van der Waals surface area contributed by atoms with E-state index in [0.717, 1.165) is 6.42 Å². The number of rotatable bonds is 0. The number of aromatic nitrogens is 1. The first-order chi connectivity index (χ1) is 8.75. The molecule has 1 heterocycles. The first-order valence-corrected chi connectivity index (χ1v) is 6.33. The molecule has 0 saturated carbocycles. The summed E-state index contributed by atoms with van der Waals surface area (Å²) in [6, 6.07) is 16.4. The van der Waals surface area contributed by atoms with E-state index in [1.807, 2.05) is 6.07 Å². The van der Waals surface area contributed by atoms with Gasteiger partial charge in [-0.15, -0.1) is 48.3 Å². The van der Waals surface area contributed by atoms with Gasteiger partial charge in [-0.05, 0) is 36.7 Å². The minimum atomic E-state index is 0. The molecule has 5 heteroatoms. The van der Waals surface area contributed by atoms with Crippen molar-refractivity contribution in [3.05, 3.63) is 59.2 Å². The van der Waals surface area contributed by atoms with Crippen molar-refractivity contribution < 1.29 is 26.2 Å². The average Bonchev–Trinajstić information content (AvgIpc) is 2.87.